The summed E-state index contributed by atoms with van der Waals surface area (Å²) < 4.78 is 6.59. The summed E-state index contributed by atoms with van der Waals surface area (Å²) in [4.78, 5) is 11.3. The molecular weight excluding hydrogens is 242 g/mol. The Hall–Kier alpha value is -2.30. The van der Waals surface area contributed by atoms with E-state index in [0.29, 0.717) is 12.1 Å². The number of esters is 1. The minimum Gasteiger partial charge on any atom is -0.465 e. The molecule has 1 N–H and O–H groups in total. The van der Waals surface area contributed by atoms with E-state index in [9.17, 15) is 4.79 Å². The molecule has 1 aromatic carbocycles. The van der Waals surface area contributed by atoms with Crippen molar-refractivity contribution >= 4 is 11.7 Å². The minimum atomic E-state index is -0.324. The Balaban J connectivity index is 1.98. The highest BCUT2D eigenvalue weighted by atomic mass is 16.5. The standard InChI is InChI=1S/C14H17N3O2/c1-3-17-13(8-9-16-17)10-15-12-6-4-11(5-7-12)14(18)19-2/h4-9,15H,3,10H2,1-2H3. The summed E-state index contributed by atoms with van der Waals surface area (Å²) in [6.07, 6.45) is 1.79. The zero-order valence-electron chi connectivity index (χ0n) is 11.1. The average Bonchev–Trinajstić information content (AvgIpc) is 2.92. The number of nitrogens with one attached hydrogen (secondary N) is 1. The Morgan fingerprint density at radius 1 is 1.32 bits per heavy atom. The normalized spacial score (nSPS) is 10.2. The lowest BCUT2D eigenvalue weighted by atomic mass is 10.2. The quantitative estimate of drug-likeness (QED) is 0.837. The van der Waals surface area contributed by atoms with Gasteiger partial charge < -0.3 is 10.1 Å². The molecule has 1 aromatic heterocycles. The van der Waals surface area contributed by atoms with E-state index in [4.69, 9.17) is 0 Å². The molecule has 0 spiro atoms. The molecule has 2 rings (SSSR count). The maximum absolute atomic E-state index is 11.3. The smallest absolute Gasteiger partial charge is 0.337 e. The monoisotopic (exact) mass is 259 g/mol. The number of hydrogen-bond acceptors (Lipinski definition) is 4. The molecule has 0 fully saturated rings. The third-order valence-electron chi connectivity index (χ3n) is 2.88. The van der Waals surface area contributed by atoms with Crippen LogP contribution in [0.5, 0.6) is 0 Å². The fraction of sp³-hybridized carbons (Fsp3) is 0.286. The van der Waals surface area contributed by atoms with Crippen molar-refractivity contribution in [3.63, 3.8) is 0 Å². The molecule has 0 unspecified atom stereocenters. The molecule has 2 aromatic rings. The van der Waals surface area contributed by atoms with Gasteiger partial charge in [0.25, 0.3) is 0 Å². The molecule has 0 bridgehead atoms. The van der Waals surface area contributed by atoms with Crippen molar-refractivity contribution in [3.05, 3.63) is 47.8 Å². The van der Waals surface area contributed by atoms with Gasteiger partial charge in [-0.25, -0.2) is 4.79 Å². The summed E-state index contributed by atoms with van der Waals surface area (Å²) in [6, 6.07) is 9.19. The van der Waals surface area contributed by atoms with Gasteiger partial charge in [-0.05, 0) is 37.3 Å². The first-order valence-electron chi connectivity index (χ1n) is 6.17. The number of anilines is 1. The lowest BCUT2D eigenvalue weighted by molar-refractivity contribution is 0.0601. The third-order valence-corrected chi connectivity index (χ3v) is 2.88. The number of carbonyl (C=O) groups is 1. The highest BCUT2D eigenvalue weighted by molar-refractivity contribution is 5.89. The zero-order chi connectivity index (χ0) is 13.7. The summed E-state index contributed by atoms with van der Waals surface area (Å²) in [5.74, 6) is -0.324. The largest absolute Gasteiger partial charge is 0.465 e. The fourth-order valence-corrected chi connectivity index (χ4v) is 1.83. The number of nitrogens with zero attached hydrogens (tertiary/aromatic N) is 2. The SMILES string of the molecule is CCn1nccc1CNc1ccc(C(=O)OC)cc1. The molecule has 1 heterocycles. The second kappa shape index (κ2) is 6.04. The predicted octanol–water partition coefficient (Wildman–Crippen LogP) is 2.30. The van der Waals surface area contributed by atoms with Crippen LogP contribution in [-0.2, 0) is 17.8 Å². The Labute approximate surface area is 112 Å². The highest BCUT2D eigenvalue weighted by Crippen LogP contribution is 2.12. The molecule has 5 nitrogen and oxygen atoms in total. The van der Waals surface area contributed by atoms with Crippen LogP contribution in [0.25, 0.3) is 0 Å². The van der Waals surface area contributed by atoms with Gasteiger partial charge in [0, 0.05) is 18.4 Å². The molecular formula is C14H17N3O2. The second-order valence-corrected chi connectivity index (χ2v) is 4.06. The van der Waals surface area contributed by atoms with Gasteiger partial charge >= 0.3 is 5.97 Å². The summed E-state index contributed by atoms with van der Waals surface area (Å²) in [5, 5.41) is 7.50. The zero-order valence-corrected chi connectivity index (χ0v) is 11.1. The molecule has 0 radical (unpaired) electrons. The van der Waals surface area contributed by atoms with E-state index in [0.717, 1.165) is 17.9 Å². The van der Waals surface area contributed by atoms with E-state index >= 15 is 0 Å². The molecule has 0 amide bonds. The molecule has 0 aliphatic heterocycles. The van der Waals surface area contributed by atoms with E-state index in [2.05, 4.69) is 22.1 Å². The number of rotatable bonds is 5. The first-order chi connectivity index (χ1) is 9.24. The second-order valence-electron chi connectivity index (χ2n) is 4.06. The first kappa shape index (κ1) is 13.1. The first-order valence-corrected chi connectivity index (χ1v) is 6.17. The van der Waals surface area contributed by atoms with Crippen LogP contribution in [-0.4, -0.2) is 22.9 Å². The number of hydrogen-bond donors (Lipinski definition) is 1. The molecule has 0 aliphatic carbocycles. The van der Waals surface area contributed by atoms with Crippen LogP contribution in [0.3, 0.4) is 0 Å². The van der Waals surface area contributed by atoms with Crippen LogP contribution in [0.15, 0.2) is 36.5 Å². The van der Waals surface area contributed by atoms with E-state index in [1.807, 2.05) is 22.9 Å². The van der Waals surface area contributed by atoms with E-state index in [1.165, 1.54) is 7.11 Å². The van der Waals surface area contributed by atoms with E-state index < -0.39 is 0 Å². The van der Waals surface area contributed by atoms with Crippen molar-refractivity contribution < 1.29 is 9.53 Å². The van der Waals surface area contributed by atoms with Crippen LogP contribution in [0.1, 0.15) is 23.0 Å². The topological polar surface area (TPSA) is 56.2 Å². The van der Waals surface area contributed by atoms with Gasteiger partial charge in [0.2, 0.25) is 0 Å². The van der Waals surface area contributed by atoms with Crippen LogP contribution >= 0.6 is 0 Å². The third kappa shape index (κ3) is 3.13. The summed E-state index contributed by atoms with van der Waals surface area (Å²) in [7, 11) is 1.38. The Morgan fingerprint density at radius 2 is 2.05 bits per heavy atom. The number of ether oxygens (including phenoxy) is 1. The van der Waals surface area contributed by atoms with Crippen LogP contribution < -0.4 is 5.32 Å². The summed E-state index contributed by atoms with van der Waals surface area (Å²) in [6.45, 7) is 3.61. The molecule has 0 atom stereocenters. The summed E-state index contributed by atoms with van der Waals surface area (Å²) in [5.41, 5.74) is 2.63. The fourth-order valence-electron chi connectivity index (χ4n) is 1.83. The van der Waals surface area contributed by atoms with Crippen molar-refractivity contribution in [1.82, 2.24) is 9.78 Å². The van der Waals surface area contributed by atoms with Gasteiger partial charge in [0.15, 0.2) is 0 Å². The Morgan fingerprint density at radius 3 is 2.68 bits per heavy atom. The maximum Gasteiger partial charge on any atom is 0.337 e. The van der Waals surface area contributed by atoms with Crippen molar-refractivity contribution in [2.45, 2.75) is 20.0 Å². The Bertz CT molecular complexity index is 546. The van der Waals surface area contributed by atoms with Gasteiger partial charge in [0.05, 0.1) is 24.9 Å². The minimum absolute atomic E-state index is 0.324. The van der Waals surface area contributed by atoms with Crippen molar-refractivity contribution in [2.75, 3.05) is 12.4 Å². The van der Waals surface area contributed by atoms with Gasteiger partial charge in [-0.2, -0.15) is 5.10 Å². The molecule has 0 aliphatic rings. The Kier molecular flexibility index (Phi) is 4.18. The molecule has 0 saturated carbocycles. The predicted molar refractivity (Wildman–Crippen MR) is 73.0 cm³/mol. The average molecular weight is 259 g/mol. The van der Waals surface area contributed by atoms with Gasteiger partial charge in [-0.3, -0.25) is 4.68 Å². The van der Waals surface area contributed by atoms with Gasteiger partial charge in [-0.1, -0.05) is 0 Å². The number of benzene rings is 1. The van der Waals surface area contributed by atoms with Crippen LogP contribution in [0.4, 0.5) is 5.69 Å². The number of aromatic nitrogens is 2. The molecule has 19 heavy (non-hydrogen) atoms. The van der Waals surface area contributed by atoms with Crippen molar-refractivity contribution in [2.24, 2.45) is 0 Å². The molecule has 100 valence electrons. The number of methoxy groups -OCH3 is 1. The highest BCUT2D eigenvalue weighted by Gasteiger charge is 2.04. The van der Waals surface area contributed by atoms with Crippen LogP contribution in [0, 0.1) is 0 Å². The number of carbonyl (C=O) groups excluding carboxylic acids is 1. The number of aryl methyl sites for hydroxylation is 1. The lowest BCUT2D eigenvalue weighted by Gasteiger charge is -2.08. The van der Waals surface area contributed by atoms with Gasteiger partial charge in [-0.15, -0.1) is 0 Å². The lowest BCUT2D eigenvalue weighted by Crippen LogP contribution is -2.08. The summed E-state index contributed by atoms with van der Waals surface area (Å²) >= 11 is 0. The molecule has 0 saturated heterocycles. The van der Waals surface area contributed by atoms with Gasteiger partial charge in [0.1, 0.15) is 0 Å². The van der Waals surface area contributed by atoms with Crippen molar-refractivity contribution in [3.8, 4) is 0 Å². The van der Waals surface area contributed by atoms with E-state index in [1.54, 1.807) is 18.3 Å². The van der Waals surface area contributed by atoms with Crippen molar-refractivity contribution in [1.29, 1.82) is 0 Å². The molecule has 5 heteroatoms. The van der Waals surface area contributed by atoms with Crippen LogP contribution in [0.2, 0.25) is 0 Å². The maximum atomic E-state index is 11.3. The van der Waals surface area contributed by atoms with E-state index in [-0.39, 0.29) is 5.97 Å².